The standard InChI is InChI=1S/C25H29N7OS/c1-17-11-19(4-5-23(17)31-15-20-12-21(31)14-30(20)2)28-25-26-8-7-22(29-25)18-3-6-24(27-13-18)32-9-10-33-16-34-32/h3-8,11,13,20-21H,9-10,12,14-16H2,1-2H3,(H,26,28,29)/t20-,21-/m0/s1. The number of fused-ring (bicyclic) bond motifs is 2. The summed E-state index contributed by atoms with van der Waals surface area (Å²) in [6.07, 6.45) is 4.93. The lowest BCUT2D eigenvalue weighted by atomic mass is 10.1. The second-order valence-corrected chi connectivity index (χ2v) is 10.1. The molecule has 1 N–H and O–H groups in total. The normalized spacial score (nSPS) is 22.4. The van der Waals surface area contributed by atoms with E-state index in [1.807, 2.05) is 18.3 Å². The van der Waals surface area contributed by atoms with Gasteiger partial charge in [-0.25, -0.2) is 15.0 Å². The third-order valence-corrected chi connectivity index (χ3v) is 7.92. The highest BCUT2D eigenvalue weighted by Crippen LogP contribution is 2.36. The Bertz CT molecular complexity index is 1170. The van der Waals surface area contributed by atoms with Crippen LogP contribution in [0, 0.1) is 6.92 Å². The van der Waals surface area contributed by atoms with Crippen LogP contribution < -0.4 is 14.5 Å². The second-order valence-electron chi connectivity index (χ2n) is 9.19. The number of likely N-dealkylation sites (tertiary alicyclic amines) is 1. The molecule has 3 aliphatic heterocycles. The molecule has 0 aliphatic carbocycles. The van der Waals surface area contributed by atoms with Gasteiger partial charge in [0.15, 0.2) is 0 Å². The Labute approximate surface area is 204 Å². The molecule has 3 aromatic rings. The molecule has 176 valence electrons. The Balaban J connectivity index is 1.16. The molecule has 6 rings (SSSR count). The van der Waals surface area contributed by atoms with E-state index in [1.54, 1.807) is 18.1 Å². The Morgan fingerprint density at radius 1 is 1.09 bits per heavy atom. The molecule has 34 heavy (non-hydrogen) atoms. The number of hydrogen-bond acceptors (Lipinski definition) is 9. The number of pyridine rings is 1. The number of nitrogens with zero attached hydrogens (tertiary/aromatic N) is 6. The molecule has 0 saturated carbocycles. The van der Waals surface area contributed by atoms with Gasteiger partial charge in [0.05, 0.1) is 18.8 Å². The minimum absolute atomic E-state index is 0.583. The van der Waals surface area contributed by atoms with E-state index < -0.39 is 0 Å². The maximum Gasteiger partial charge on any atom is 0.227 e. The van der Waals surface area contributed by atoms with Gasteiger partial charge in [0.1, 0.15) is 11.8 Å². The van der Waals surface area contributed by atoms with Crippen molar-refractivity contribution in [2.75, 3.05) is 53.7 Å². The average Bonchev–Trinajstić information content (AvgIpc) is 3.45. The van der Waals surface area contributed by atoms with E-state index in [1.165, 1.54) is 17.7 Å². The molecule has 0 amide bonds. The lowest BCUT2D eigenvalue weighted by Gasteiger charge is -2.34. The van der Waals surface area contributed by atoms with Gasteiger partial charge < -0.3 is 15.0 Å². The van der Waals surface area contributed by atoms with Crippen LogP contribution in [-0.2, 0) is 4.74 Å². The molecule has 0 unspecified atom stereocenters. The number of rotatable bonds is 5. The summed E-state index contributed by atoms with van der Waals surface area (Å²) in [7, 11) is 2.24. The highest BCUT2D eigenvalue weighted by atomic mass is 32.2. The van der Waals surface area contributed by atoms with Gasteiger partial charge in [-0.15, -0.1) is 0 Å². The zero-order chi connectivity index (χ0) is 23.1. The van der Waals surface area contributed by atoms with Gasteiger partial charge in [-0.05, 0) is 74.3 Å². The Morgan fingerprint density at radius 3 is 2.74 bits per heavy atom. The van der Waals surface area contributed by atoms with Crippen molar-refractivity contribution in [3.8, 4) is 11.3 Å². The zero-order valence-electron chi connectivity index (χ0n) is 19.5. The molecule has 0 spiro atoms. The molecule has 8 nitrogen and oxygen atoms in total. The number of anilines is 4. The molecule has 5 heterocycles. The quantitative estimate of drug-likeness (QED) is 0.553. The largest absolute Gasteiger partial charge is 0.367 e. The Kier molecular flexibility index (Phi) is 5.76. The minimum atomic E-state index is 0.583. The molecule has 3 saturated heterocycles. The van der Waals surface area contributed by atoms with E-state index >= 15 is 0 Å². The predicted molar refractivity (Wildman–Crippen MR) is 138 cm³/mol. The van der Waals surface area contributed by atoms with E-state index in [4.69, 9.17) is 9.72 Å². The molecule has 2 atom stereocenters. The second kappa shape index (κ2) is 9.05. The molecule has 2 bridgehead atoms. The van der Waals surface area contributed by atoms with E-state index in [-0.39, 0.29) is 0 Å². The molecule has 3 fully saturated rings. The summed E-state index contributed by atoms with van der Waals surface area (Å²) < 4.78 is 7.56. The monoisotopic (exact) mass is 475 g/mol. The molecular formula is C25H29N7OS. The number of piperazine rings is 1. The van der Waals surface area contributed by atoms with E-state index in [0.29, 0.717) is 24.0 Å². The fraction of sp³-hybridized carbons (Fsp3) is 0.400. The number of benzene rings is 1. The van der Waals surface area contributed by atoms with Gasteiger partial charge in [0.2, 0.25) is 5.95 Å². The van der Waals surface area contributed by atoms with Crippen LogP contribution in [0.2, 0.25) is 0 Å². The van der Waals surface area contributed by atoms with Gasteiger partial charge in [-0.2, -0.15) is 0 Å². The summed E-state index contributed by atoms with van der Waals surface area (Å²) in [5.74, 6) is 2.19. The zero-order valence-corrected chi connectivity index (χ0v) is 20.3. The van der Waals surface area contributed by atoms with Crippen molar-refractivity contribution in [2.24, 2.45) is 0 Å². The Morgan fingerprint density at radius 2 is 2.03 bits per heavy atom. The van der Waals surface area contributed by atoms with E-state index in [9.17, 15) is 0 Å². The number of nitrogens with one attached hydrogen (secondary N) is 1. The van der Waals surface area contributed by atoms with Gasteiger partial charge >= 0.3 is 0 Å². The highest BCUT2D eigenvalue weighted by Gasteiger charge is 2.41. The summed E-state index contributed by atoms with van der Waals surface area (Å²) in [4.78, 5) is 18.9. The molecule has 0 radical (unpaired) electrons. The summed E-state index contributed by atoms with van der Waals surface area (Å²) in [6.45, 7) is 6.04. The van der Waals surface area contributed by atoms with Gasteiger partial charge in [0.25, 0.3) is 0 Å². The lowest BCUT2D eigenvalue weighted by Crippen LogP contribution is -2.44. The average molecular weight is 476 g/mol. The van der Waals surface area contributed by atoms with E-state index in [0.717, 1.165) is 49.0 Å². The third kappa shape index (κ3) is 4.19. The minimum Gasteiger partial charge on any atom is -0.367 e. The molecule has 1 aromatic carbocycles. The number of aromatic nitrogens is 3. The molecular weight excluding hydrogens is 446 g/mol. The summed E-state index contributed by atoms with van der Waals surface area (Å²) in [5, 5.41) is 3.38. The van der Waals surface area contributed by atoms with Crippen molar-refractivity contribution in [1.29, 1.82) is 0 Å². The van der Waals surface area contributed by atoms with Crippen LogP contribution in [0.4, 0.5) is 23.1 Å². The third-order valence-electron chi connectivity index (χ3n) is 6.96. The van der Waals surface area contributed by atoms with E-state index in [2.05, 4.69) is 67.6 Å². The van der Waals surface area contributed by atoms with Crippen LogP contribution in [0.3, 0.4) is 0 Å². The van der Waals surface area contributed by atoms with Crippen LogP contribution in [0.1, 0.15) is 12.0 Å². The van der Waals surface area contributed by atoms with Gasteiger partial charge in [-0.1, -0.05) is 0 Å². The lowest BCUT2D eigenvalue weighted by molar-refractivity contribution is 0.184. The van der Waals surface area contributed by atoms with Crippen molar-refractivity contribution < 1.29 is 4.74 Å². The molecule has 9 heteroatoms. The smallest absolute Gasteiger partial charge is 0.227 e. The first-order valence-corrected chi connectivity index (χ1v) is 12.7. The molecule has 2 aromatic heterocycles. The number of likely N-dealkylation sites (N-methyl/N-ethyl adjacent to an activating group) is 1. The first-order chi connectivity index (χ1) is 16.6. The van der Waals surface area contributed by atoms with Crippen molar-refractivity contribution in [2.45, 2.75) is 25.4 Å². The topological polar surface area (TPSA) is 69.6 Å². The van der Waals surface area contributed by atoms with Crippen LogP contribution in [0.15, 0.2) is 48.8 Å². The fourth-order valence-corrected chi connectivity index (χ4v) is 5.93. The van der Waals surface area contributed by atoms with Crippen LogP contribution in [-0.4, -0.2) is 71.2 Å². The maximum absolute atomic E-state index is 5.40. The fourth-order valence-electron chi connectivity index (χ4n) is 5.16. The number of hydrogen-bond donors (Lipinski definition) is 1. The van der Waals surface area contributed by atoms with Crippen LogP contribution in [0.5, 0.6) is 0 Å². The van der Waals surface area contributed by atoms with Crippen molar-refractivity contribution >= 4 is 35.1 Å². The van der Waals surface area contributed by atoms with Crippen LogP contribution in [0.25, 0.3) is 11.3 Å². The predicted octanol–water partition coefficient (Wildman–Crippen LogP) is 3.93. The maximum atomic E-state index is 5.40. The number of ether oxygens (including phenoxy) is 1. The SMILES string of the molecule is Cc1cc(Nc2nccc(-c3ccc(N4CCOCS4)nc3)n2)ccc1N1C[C@@H]2C[C@H]1CN2C. The summed E-state index contributed by atoms with van der Waals surface area (Å²) in [5.41, 5.74) is 5.42. The van der Waals surface area contributed by atoms with Crippen molar-refractivity contribution in [1.82, 2.24) is 19.9 Å². The van der Waals surface area contributed by atoms with Crippen molar-refractivity contribution in [3.63, 3.8) is 0 Å². The van der Waals surface area contributed by atoms with Gasteiger partial charge in [-0.3, -0.25) is 9.21 Å². The van der Waals surface area contributed by atoms with Gasteiger partial charge in [0, 0.05) is 54.5 Å². The van der Waals surface area contributed by atoms with Crippen LogP contribution >= 0.6 is 11.9 Å². The summed E-state index contributed by atoms with van der Waals surface area (Å²) in [6, 6.07) is 13.9. The Hall–Kier alpha value is -2.88. The molecule has 3 aliphatic rings. The van der Waals surface area contributed by atoms with Crippen molar-refractivity contribution in [3.05, 3.63) is 54.4 Å². The first kappa shape index (κ1) is 21.6. The summed E-state index contributed by atoms with van der Waals surface area (Å²) >= 11 is 1.64. The first-order valence-electron chi connectivity index (χ1n) is 11.8. The highest BCUT2D eigenvalue weighted by molar-refractivity contribution is 8.00. The number of aryl methyl sites for hydroxylation is 1.